The van der Waals surface area contributed by atoms with Crippen LogP contribution in [0.15, 0.2) is 0 Å². The van der Waals surface area contributed by atoms with E-state index in [1.54, 1.807) is 0 Å². The van der Waals surface area contributed by atoms with Gasteiger partial charge >= 0.3 is 35.4 Å². The number of rotatable bonds is 1. The fourth-order valence-corrected chi connectivity index (χ4v) is 0. The van der Waals surface area contributed by atoms with Crippen molar-refractivity contribution in [1.29, 1.82) is 0 Å². The van der Waals surface area contributed by atoms with Gasteiger partial charge in [-0.25, -0.2) is 0 Å². The molecular formula is CH2F5P. The quantitative estimate of drug-likeness (QED) is 0.388. The van der Waals surface area contributed by atoms with Crippen LogP contribution in [0.2, 0.25) is 0 Å². The normalized spacial score (nSPS) is 18.1. The van der Waals surface area contributed by atoms with E-state index in [0.29, 0.717) is 0 Å². The zero-order valence-electron chi connectivity index (χ0n) is 3.04. The molecule has 0 heterocycles. The van der Waals surface area contributed by atoms with Crippen molar-refractivity contribution in [2.45, 2.75) is 0 Å². The summed E-state index contributed by atoms with van der Waals surface area (Å²) in [5.41, 5.74) is 0. The molecule has 0 spiro atoms. The first kappa shape index (κ1) is 7.08. The minimum absolute atomic E-state index is 2.80. The summed E-state index contributed by atoms with van der Waals surface area (Å²) in [5.74, 6) is 0. The number of alkyl halides is 1. The first-order chi connectivity index (χ1) is 2.81. The predicted molar refractivity (Wildman–Crippen MR) is 17.3 cm³/mol. The van der Waals surface area contributed by atoms with Crippen LogP contribution < -0.4 is 0 Å². The topological polar surface area (TPSA) is 0 Å². The van der Waals surface area contributed by atoms with E-state index >= 15 is 0 Å². The molecule has 0 aliphatic rings. The van der Waals surface area contributed by atoms with E-state index in [9.17, 15) is 21.2 Å². The van der Waals surface area contributed by atoms with Crippen LogP contribution in [0.5, 0.6) is 0 Å². The molecule has 46 valence electrons. The predicted octanol–water partition coefficient (Wildman–Crippen LogP) is 3.00. The Labute approximate surface area is 36.7 Å². The Balaban J connectivity index is 3.83. The monoisotopic (exact) mass is 140 g/mol. The Morgan fingerprint density at radius 2 is 1.14 bits per heavy atom. The summed E-state index contributed by atoms with van der Waals surface area (Å²) < 4.78 is 52.7. The second kappa shape index (κ2) is 1.28. The molecule has 0 aromatic rings. The molecule has 0 aliphatic heterocycles. The third-order valence-corrected chi connectivity index (χ3v) is 0.542. The van der Waals surface area contributed by atoms with Crippen LogP contribution in [0.1, 0.15) is 0 Å². The zero-order chi connectivity index (χ0) is 6.15. The van der Waals surface area contributed by atoms with Crippen molar-refractivity contribution in [1.82, 2.24) is 0 Å². The maximum atomic E-state index is 10.6. The van der Waals surface area contributed by atoms with Crippen molar-refractivity contribution in [3.8, 4) is 0 Å². The van der Waals surface area contributed by atoms with Gasteiger partial charge in [-0.2, -0.15) is 0 Å². The zero-order valence-corrected chi connectivity index (χ0v) is 3.94. The van der Waals surface area contributed by atoms with Crippen molar-refractivity contribution >= 4 is 7.85 Å². The average molecular weight is 140 g/mol. The summed E-state index contributed by atoms with van der Waals surface area (Å²) in [4.78, 5) is 0. The summed E-state index contributed by atoms with van der Waals surface area (Å²) in [6.45, 7) is 0. The molecule has 0 unspecified atom stereocenters. The minimum atomic E-state index is -7.74. The average Bonchev–Trinajstić information content (AvgIpc) is 1.32. The fourth-order valence-electron chi connectivity index (χ4n) is 0. The van der Waals surface area contributed by atoms with Crippen LogP contribution in [-0.2, 0) is 0 Å². The second-order valence-electron chi connectivity index (χ2n) is 0.981. The van der Waals surface area contributed by atoms with Crippen LogP contribution >= 0.6 is 7.85 Å². The molecule has 0 radical (unpaired) electrons. The number of hydrogen-bond acceptors (Lipinski definition) is 0. The second-order valence-corrected chi connectivity index (χ2v) is 2.94. The molecule has 0 bridgehead atoms. The van der Waals surface area contributed by atoms with Gasteiger partial charge in [-0.3, -0.25) is 0 Å². The van der Waals surface area contributed by atoms with Gasteiger partial charge in [-0.05, 0) is 0 Å². The molecule has 0 saturated carbocycles. The molecule has 0 nitrogen and oxygen atoms in total. The van der Waals surface area contributed by atoms with Crippen molar-refractivity contribution in [2.75, 3.05) is 6.42 Å². The van der Waals surface area contributed by atoms with Crippen LogP contribution in [0.4, 0.5) is 21.2 Å². The van der Waals surface area contributed by atoms with Gasteiger partial charge in [-0.1, -0.05) is 0 Å². The van der Waals surface area contributed by atoms with E-state index in [2.05, 4.69) is 0 Å². The Morgan fingerprint density at radius 3 is 1.14 bits per heavy atom. The molecule has 0 saturated heterocycles. The summed E-state index contributed by atoms with van der Waals surface area (Å²) >= 11 is 0. The Hall–Kier alpha value is 0.0800. The van der Waals surface area contributed by atoms with Gasteiger partial charge in [0.1, 0.15) is 0 Å². The van der Waals surface area contributed by atoms with Gasteiger partial charge < -0.3 is 0 Å². The van der Waals surface area contributed by atoms with Crippen molar-refractivity contribution in [2.24, 2.45) is 0 Å². The van der Waals surface area contributed by atoms with Gasteiger partial charge in [0.2, 0.25) is 0 Å². The molecule has 0 aromatic heterocycles. The van der Waals surface area contributed by atoms with Crippen molar-refractivity contribution in [3.05, 3.63) is 0 Å². The van der Waals surface area contributed by atoms with E-state index in [0.717, 1.165) is 0 Å². The Bertz CT molecular complexity index is 60.6. The standard InChI is InChI=1S/CH2F5P/c2-1-7(3,4,5)6/h1H2. The van der Waals surface area contributed by atoms with Gasteiger partial charge in [0, 0.05) is 0 Å². The maximum absolute atomic E-state index is 10.6. The third kappa shape index (κ3) is 6.08. The molecule has 0 N–H and O–H groups in total. The van der Waals surface area contributed by atoms with E-state index in [4.69, 9.17) is 0 Å². The molecule has 0 fully saturated rings. The van der Waals surface area contributed by atoms with Crippen LogP contribution in [0.3, 0.4) is 0 Å². The fraction of sp³-hybridized carbons (Fsp3) is 1.00. The summed E-state index contributed by atoms with van der Waals surface area (Å²) in [6, 6.07) is 0. The Kier molecular flexibility index (Phi) is 1.29. The van der Waals surface area contributed by atoms with Gasteiger partial charge in [0.05, 0.1) is 0 Å². The van der Waals surface area contributed by atoms with E-state index in [-0.39, 0.29) is 0 Å². The first-order valence-electron chi connectivity index (χ1n) is 1.26. The number of hydrogen-bond donors (Lipinski definition) is 0. The van der Waals surface area contributed by atoms with Crippen molar-refractivity contribution in [3.63, 3.8) is 0 Å². The van der Waals surface area contributed by atoms with E-state index < -0.39 is 14.3 Å². The van der Waals surface area contributed by atoms with Gasteiger partial charge in [0.25, 0.3) is 0 Å². The molecule has 0 rings (SSSR count). The summed E-state index contributed by atoms with van der Waals surface area (Å²) in [5, 5.41) is 0. The van der Waals surface area contributed by atoms with Crippen LogP contribution in [0, 0.1) is 0 Å². The summed E-state index contributed by atoms with van der Waals surface area (Å²) in [7, 11) is -7.74. The van der Waals surface area contributed by atoms with Crippen LogP contribution in [0.25, 0.3) is 0 Å². The molecule has 0 aliphatic carbocycles. The summed E-state index contributed by atoms with van der Waals surface area (Å²) in [6.07, 6.45) is -2.80. The van der Waals surface area contributed by atoms with Crippen molar-refractivity contribution < 1.29 is 21.2 Å². The molecule has 0 amide bonds. The first-order valence-corrected chi connectivity index (χ1v) is 3.24. The van der Waals surface area contributed by atoms with Crippen LogP contribution in [-0.4, -0.2) is 6.42 Å². The Morgan fingerprint density at radius 1 is 1.00 bits per heavy atom. The number of halogens is 5. The molecule has 0 atom stereocenters. The SMILES string of the molecule is FCP(F)(F)(F)F. The molecule has 0 aromatic carbocycles. The molecular weight excluding hydrogens is 138 g/mol. The third-order valence-electron chi connectivity index (χ3n) is 0.181. The van der Waals surface area contributed by atoms with E-state index in [1.807, 2.05) is 0 Å². The molecule has 7 heavy (non-hydrogen) atoms. The van der Waals surface area contributed by atoms with E-state index in [1.165, 1.54) is 0 Å². The van der Waals surface area contributed by atoms with Gasteiger partial charge in [-0.15, -0.1) is 0 Å². The molecule has 6 heteroatoms. The van der Waals surface area contributed by atoms with Gasteiger partial charge in [0.15, 0.2) is 0 Å².